The summed E-state index contributed by atoms with van der Waals surface area (Å²) < 4.78 is 0. The summed E-state index contributed by atoms with van der Waals surface area (Å²) in [4.78, 5) is 42.6. The molecule has 84 valence electrons. The van der Waals surface area contributed by atoms with Gasteiger partial charge in [-0.2, -0.15) is 0 Å². The minimum absolute atomic E-state index is 0.383. The number of ketones is 1. The smallest absolute Gasteiger partial charge is 0.305 e. The fraction of sp³-hybridized carbons (Fsp3) is 0.500. The number of carbonyl (C=O) groups excluding carboxylic acids is 3. The lowest BCUT2D eigenvalue weighted by Gasteiger charge is -2.12. The van der Waals surface area contributed by atoms with Crippen molar-refractivity contribution in [3.05, 3.63) is 0 Å². The molecule has 0 radical (unpaired) electrons. The molecule has 0 saturated carbocycles. The van der Waals surface area contributed by atoms with Crippen LogP contribution in [0.5, 0.6) is 0 Å². The van der Waals surface area contributed by atoms with Crippen molar-refractivity contribution in [1.29, 1.82) is 0 Å². The molecule has 7 nitrogen and oxygen atoms in total. The minimum Gasteiger partial charge on any atom is -0.481 e. The number of nitrogens with two attached hydrogens (primary N) is 1. The molecule has 0 heterocycles. The predicted octanol–water partition coefficient (Wildman–Crippen LogP) is -1.59. The lowest BCUT2D eigenvalue weighted by molar-refractivity contribution is -0.140. The van der Waals surface area contributed by atoms with Crippen LogP contribution in [0.1, 0.15) is 19.8 Å². The summed E-state index contributed by atoms with van der Waals surface area (Å²) in [5.41, 5.74) is 4.86. The van der Waals surface area contributed by atoms with Crippen molar-refractivity contribution in [1.82, 2.24) is 5.32 Å². The summed E-state index contributed by atoms with van der Waals surface area (Å²) >= 11 is 0. The highest BCUT2D eigenvalue weighted by Gasteiger charge is 2.21. The normalized spacial score (nSPS) is 11.5. The molecule has 0 aromatic carbocycles. The SMILES string of the molecule is CC(=O)CC(=O)N[C@@H](CC(=O)O)C(N)=O. The fourth-order valence-electron chi connectivity index (χ4n) is 0.869. The number of aliphatic carboxylic acids is 1. The molecule has 0 aliphatic heterocycles. The van der Waals surface area contributed by atoms with Crippen LogP contribution < -0.4 is 11.1 Å². The van der Waals surface area contributed by atoms with Gasteiger partial charge in [-0.05, 0) is 6.92 Å². The summed E-state index contributed by atoms with van der Waals surface area (Å²) in [7, 11) is 0. The number of amides is 2. The van der Waals surface area contributed by atoms with Gasteiger partial charge in [0.25, 0.3) is 0 Å². The van der Waals surface area contributed by atoms with E-state index in [2.05, 4.69) is 5.32 Å². The second-order valence-corrected chi connectivity index (χ2v) is 3.00. The first-order valence-corrected chi connectivity index (χ1v) is 4.13. The van der Waals surface area contributed by atoms with Crippen molar-refractivity contribution in [2.24, 2.45) is 5.73 Å². The van der Waals surface area contributed by atoms with E-state index < -0.39 is 36.7 Å². The zero-order valence-corrected chi connectivity index (χ0v) is 8.15. The van der Waals surface area contributed by atoms with Crippen LogP contribution in [0.25, 0.3) is 0 Å². The fourth-order valence-corrected chi connectivity index (χ4v) is 0.869. The standard InChI is InChI=1S/C8H12N2O5/c1-4(11)2-6(12)10-5(8(9)15)3-7(13)14/h5H,2-3H2,1H3,(H2,9,15)(H,10,12)(H,13,14)/t5-/m0/s1. The number of carboxylic acid groups (broad SMARTS) is 1. The molecule has 0 aromatic rings. The van der Waals surface area contributed by atoms with Crippen LogP contribution in [0.15, 0.2) is 0 Å². The Hall–Kier alpha value is -1.92. The Morgan fingerprint density at radius 1 is 1.33 bits per heavy atom. The van der Waals surface area contributed by atoms with Crippen LogP contribution in [-0.4, -0.2) is 34.7 Å². The molecule has 0 unspecified atom stereocenters. The van der Waals surface area contributed by atoms with Gasteiger partial charge in [0.05, 0.1) is 12.8 Å². The van der Waals surface area contributed by atoms with Crippen LogP contribution >= 0.6 is 0 Å². The number of rotatable bonds is 6. The molecular formula is C8H12N2O5. The highest BCUT2D eigenvalue weighted by molar-refractivity contribution is 5.99. The van der Waals surface area contributed by atoms with Gasteiger partial charge in [-0.25, -0.2) is 0 Å². The zero-order valence-electron chi connectivity index (χ0n) is 8.15. The van der Waals surface area contributed by atoms with Crippen molar-refractivity contribution in [2.45, 2.75) is 25.8 Å². The van der Waals surface area contributed by atoms with E-state index >= 15 is 0 Å². The quantitative estimate of drug-likeness (QED) is 0.461. The van der Waals surface area contributed by atoms with Crippen LogP contribution in [0.4, 0.5) is 0 Å². The van der Waals surface area contributed by atoms with Gasteiger partial charge in [0.2, 0.25) is 11.8 Å². The monoisotopic (exact) mass is 216 g/mol. The number of nitrogens with one attached hydrogen (secondary N) is 1. The van der Waals surface area contributed by atoms with Gasteiger partial charge in [0.1, 0.15) is 11.8 Å². The van der Waals surface area contributed by atoms with E-state index in [1.54, 1.807) is 0 Å². The van der Waals surface area contributed by atoms with Crippen molar-refractivity contribution in [2.75, 3.05) is 0 Å². The first-order chi connectivity index (χ1) is 6.82. The molecule has 0 aliphatic rings. The molecule has 7 heteroatoms. The molecule has 0 aliphatic carbocycles. The maximum absolute atomic E-state index is 11.0. The first-order valence-electron chi connectivity index (χ1n) is 4.13. The van der Waals surface area contributed by atoms with E-state index in [1.165, 1.54) is 6.92 Å². The Labute approximate surface area is 85.6 Å². The second-order valence-electron chi connectivity index (χ2n) is 3.00. The minimum atomic E-state index is -1.28. The van der Waals surface area contributed by atoms with Crippen molar-refractivity contribution in [3.63, 3.8) is 0 Å². The van der Waals surface area contributed by atoms with Crippen LogP contribution in [0, 0.1) is 0 Å². The number of hydrogen-bond donors (Lipinski definition) is 3. The van der Waals surface area contributed by atoms with Crippen molar-refractivity contribution >= 4 is 23.6 Å². The van der Waals surface area contributed by atoms with Gasteiger partial charge in [-0.15, -0.1) is 0 Å². The molecule has 0 spiro atoms. The highest BCUT2D eigenvalue weighted by atomic mass is 16.4. The lowest BCUT2D eigenvalue weighted by Crippen LogP contribution is -2.46. The number of primary amides is 1. The predicted molar refractivity (Wildman–Crippen MR) is 48.7 cm³/mol. The molecular weight excluding hydrogens is 204 g/mol. The number of carbonyl (C=O) groups is 4. The van der Waals surface area contributed by atoms with Gasteiger partial charge < -0.3 is 16.2 Å². The molecule has 4 N–H and O–H groups in total. The maximum Gasteiger partial charge on any atom is 0.305 e. The third-order valence-corrected chi connectivity index (χ3v) is 1.47. The largest absolute Gasteiger partial charge is 0.481 e. The van der Waals surface area contributed by atoms with E-state index in [1.807, 2.05) is 0 Å². The Morgan fingerprint density at radius 3 is 2.20 bits per heavy atom. The third kappa shape index (κ3) is 6.19. The van der Waals surface area contributed by atoms with Gasteiger partial charge in [0.15, 0.2) is 0 Å². The summed E-state index contributed by atoms with van der Waals surface area (Å²) in [6.07, 6.45) is -0.998. The summed E-state index contributed by atoms with van der Waals surface area (Å²) in [6, 6.07) is -1.28. The Balaban J connectivity index is 4.28. The van der Waals surface area contributed by atoms with Crippen LogP contribution in [-0.2, 0) is 19.2 Å². The number of hydrogen-bond acceptors (Lipinski definition) is 4. The summed E-state index contributed by atoms with van der Waals surface area (Å²) in [6.45, 7) is 1.20. The molecule has 0 aromatic heterocycles. The molecule has 0 saturated heterocycles. The molecule has 15 heavy (non-hydrogen) atoms. The molecule has 0 bridgehead atoms. The van der Waals surface area contributed by atoms with Crippen LogP contribution in [0.3, 0.4) is 0 Å². The molecule has 0 rings (SSSR count). The lowest BCUT2D eigenvalue weighted by atomic mass is 10.2. The number of carboxylic acids is 1. The van der Waals surface area contributed by atoms with E-state index in [4.69, 9.17) is 10.8 Å². The Bertz CT molecular complexity index is 299. The van der Waals surface area contributed by atoms with Crippen molar-refractivity contribution in [3.8, 4) is 0 Å². The van der Waals surface area contributed by atoms with Crippen molar-refractivity contribution < 1.29 is 24.3 Å². The summed E-state index contributed by atoms with van der Waals surface area (Å²) in [5, 5.41) is 10.5. The van der Waals surface area contributed by atoms with Gasteiger partial charge in [0, 0.05) is 0 Å². The maximum atomic E-state index is 11.0. The van der Waals surface area contributed by atoms with E-state index in [0.717, 1.165) is 0 Å². The van der Waals surface area contributed by atoms with Crippen LogP contribution in [0.2, 0.25) is 0 Å². The highest BCUT2D eigenvalue weighted by Crippen LogP contribution is 1.93. The third-order valence-electron chi connectivity index (χ3n) is 1.47. The Kier molecular flexibility index (Phi) is 5.00. The van der Waals surface area contributed by atoms with E-state index in [-0.39, 0.29) is 5.78 Å². The van der Waals surface area contributed by atoms with Gasteiger partial charge >= 0.3 is 5.97 Å². The molecule has 0 fully saturated rings. The van der Waals surface area contributed by atoms with Gasteiger partial charge in [-0.3, -0.25) is 19.2 Å². The van der Waals surface area contributed by atoms with E-state index in [9.17, 15) is 19.2 Å². The average molecular weight is 216 g/mol. The average Bonchev–Trinajstić information content (AvgIpc) is 1.99. The summed E-state index contributed by atoms with van der Waals surface area (Å²) in [5.74, 6) is -3.31. The molecule has 1 atom stereocenters. The van der Waals surface area contributed by atoms with Gasteiger partial charge in [-0.1, -0.05) is 0 Å². The molecule has 2 amide bonds. The second kappa shape index (κ2) is 5.74. The topological polar surface area (TPSA) is 127 Å². The van der Waals surface area contributed by atoms with E-state index in [0.29, 0.717) is 0 Å². The number of Topliss-reactive ketones (excluding diaryl/α,β-unsaturated/α-hetero) is 1. The zero-order chi connectivity index (χ0) is 12.0. The Morgan fingerprint density at radius 2 is 1.87 bits per heavy atom. The first kappa shape index (κ1) is 13.1.